The highest BCUT2D eigenvalue weighted by molar-refractivity contribution is 5.31. The van der Waals surface area contributed by atoms with Crippen molar-refractivity contribution >= 4 is 0 Å². The highest BCUT2D eigenvalue weighted by Gasteiger charge is 1.94. The van der Waals surface area contributed by atoms with Crippen LogP contribution >= 0.6 is 0 Å². The lowest BCUT2D eigenvalue weighted by atomic mass is 10.2. The molecule has 1 aromatic rings. The molecule has 0 saturated carbocycles. The fraction of sp³-hybridized carbons (Fsp3) is 0.167. The summed E-state index contributed by atoms with van der Waals surface area (Å²) in [6.45, 7) is 1.84. The topological polar surface area (TPSA) is 36.9 Å². The van der Waals surface area contributed by atoms with Gasteiger partial charge in [-0.15, -0.1) is 0 Å². The molecule has 0 aliphatic heterocycles. The Bertz CT molecular complexity index is 219. The molecule has 2 nitrogen and oxygen atoms in total. The highest BCUT2D eigenvalue weighted by Crippen LogP contribution is 2.05. The number of rotatable bonds is 0. The van der Waals surface area contributed by atoms with E-state index in [9.17, 15) is 0 Å². The molecule has 0 N–H and O–H groups in total. The second-order valence-electron chi connectivity index (χ2n) is 1.58. The Hall–Kier alpha value is -1.23. The molecular formula is C6H5NO. The lowest BCUT2D eigenvalue weighted by molar-refractivity contribution is 0.565. The quantitative estimate of drug-likeness (QED) is 0.503. The van der Waals surface area contributed by atoms with Crippen molar-refractivity contribution in [3.8, 4) is 6.07 Å². The van der Waals surface area contributed by atoms with Gasteiger partial charge in [0.25, 0.3) is 0 Å². The summed E-state index contributed by atoms with van der Waals surface area (Å²) in [6, 6.07) is 1.98. The van der Waals surface area contributed by atoms with Gasteiger partial charge in [0.05, 0.1) is 11.8 Å². The van der Waals surface area contributed by atoms with Gasteiger partial charge in [0.15, 0.2) is 0 Å². The standard InChI is InChI=1S/C6H5NO/c1-5-3-8-4-6(5)2-7/h3-4H,1H3. The van der Waals surface area contributed by atoms with E-state index in [0.29, 0.717) is 5.56 Å². The molecule has 0 fully saturated rings. The van der Waals surface area contributed by atoms with Crippen molar-refractivity contribution in [3.05, 3.63) is 23.7 Å². The van der Waals surface area contributed by atoms with E-state index in [4.69, 9.17) is 9.68 Å². The minimum atomic E-state index is 0.616. The van der Waals surface area contributed by atoms with Crippen LogP contribution in [0.5, 0.6) is 0 Å². The maximum Gasteiger partial charge on any atom is 0.108 e. The van der Waals surface area contributed by atoms with Gasteiger partial charge in [-0.1, -0.05) is 0 Å². The molecule has 40 valence electrons. The number of hydrogen-bond donors (Lipinski definition) is 0. The largest absolute Gasteiger partial charge is 0.471 e. The Kier molecular flexibility index (Phi) is 1.05. The zero-order valence-corrected chi connectivity index (χ0v) is 4.51. The zero-order chi connectivity index (χ0) is 5.98. The first kappa shape index (κ1) is 4.92. The Morgan fingerprint density at radius 3 is 2.62 bits per heavy atom. The molecule has 0 saturated heterocycles. The van der Waals surface area contributed by atoms with Crippen LogP contribution in [0.1, 0.15) is 11.1 Å². The Morgan fingerprint density at radius 1 is 1.62 bits per heavy atom. The van der Waals surface area contributed by atoms with Crippen LogP contribution in [-0.4, -0.2) is 0 Å². The molecule has 0 unspecified atom stereocenters. The van der Waals surface area contributed by atoms with Crippen molar-refractivity contribution in [1.82, 2.24) is 0 Å². The summed E-state index contributed by atoms with van der Waals surface area (Å²) in [5, 5.41) is 8.30. The second kappa shape index (κ2) is 1.71. The molecule has 0 aliphatic rings. The second-order valence-corrected chi connectivity index (χ2v) is 1.58. The third kappa shape index (κ3) is 0.584. The number of furan rings is 1. The van der Waals surface area contributed by atoms with Crippen molar-refractivity contribution in [3.63, 3.8) is 0 Å². The summed E-state index contributed by atoms with van der Waals surface area (Å²) in [5.74, 6) is 0. The van der Waals surface area contributed by atoms with E-state index in [2.05, 4.69) is 0 Å². The van der Waals surface area contributed by atoms with Crippen molar-refractivity contribution in [2.75, 3.05) is 0 Å². The van der Waals surface area contributed by atoms with E-state index in [-0.39, 0.29) is 0 Å². The van der Waals surface area contributed by atoms with E-state index >= 15 is 0 Å². The molecule has 0 atom stereocenters. The van der Waals surface area contributed by atoms with Crippen LogP contribution in [0.4, 0.5) is 0 Å². The lowest BCUT2D eigenvalue weighted by Gasteiger charge is -1.73. The van der Waals surface area contributed by atoms with Gasteiger partial charge >= 0.3 is 0 Å². The summed E-state index contributed by atoms with van der Waals surface area (Å²) in [7, 11) is 0. The third-order valence-corrected chi connectivity index (χ3v) is 0.976. The molecule has 2 heteroatoms. The normalized spacial score (nSPS) is 8.50. The van der Waals surface area contributed by atoms with Gasteiger partial charge in [0.2, 0.25) is 0 Å². The van der Waals surface area contributed by atoms with Gasteiger partial charge < -0.3 is 4.42 Å². The first-order chi connectivity index (χ1) is 3.84. The summed E-state index contributed by atoms with van der Waals surface area (Å²) >= 11 is 0. The van der Waals surface area contributed by atoms with E-state index in [1.54, 1.807) is 6.26 Å². The van der Waals surface area contributed by atoms with Crippen LogP contribution in [-0.2, 0) is 0 Å². The van der Waals surface area contributed by atoms with Crippen molar-refractivity contribution in [1.29, 1.82) is 5.26 Å². The van der Waals surface area contributed by atoms with Gasteiger partial charge in [-0.05, 0) is 6.92 Å². The summed E-state index contributed by atoms with van der Waals surface area (Å²) in [4.78, 5) is 0. The molecule has 0 aromatic carbocycles. The Labute approximate surface area is 47.3 Å². The maximum atomic E-state index is 8.30. The van der Waals surface area contributed by atoms with Crippen molar-refractivity contribution in [2.45, 2.75) is 6.92 Å². The molecule has 0 aliphatic carbocycles. The molecule has 1 rings (SSSR count). The Balaban J connectivity index is 3.15. The molecule has 0 radical (unpaired) electrons. The number of nitrogens with zero attached hydrogens (tertiary/aromatic N) is 1. The van der Waals surface area contributed by atoms with E-state index in [0.717, 1.165) is 5.56 Å². The van der Waals surface area contributed by atoms with Crippen LogP contribution in [0, 0.1) is 18.3 Å². The molecule has 1 heterocycles. The van der Waals surface area contributed by atoms with Crippen LogP contribution in [0.25, 0.3) is 0 Å². The fourth-order valence-corrected chi connectivity index (χ4v) is 0.475. The van der Waals surface area contributed by atoms with Gasteiger partial charge in [-0.2, -0.15) is 5.26 Å². The monoisotopic (exact) mass is 107 g/mol. The Morgan fingerprint density at radius 2 is 2.38 bits per heavy atom. The van der Waals surface area contributed by atoms with Gasteiger partial charge in [-0.3, -0.25) is 0 Å². The molecule has 1 aromatic heterocycles. The SMILES string of the molecule is Cc1cocc1C#N. The molecule has 8 heavy (non-hydrogen) atoms. The predicted octanol–water partition coefficient (Wildman–Crippen LogP) is 1.46. The summed E-state index contributed by atoms with van der Waals surface area (Å²) in [5.41, 5.74) is 1.51. The average molecular weight is 107 g/mol. The van der Waals surface area contributed by atoms with E-state index < -0.39 is 0 Å². The maximum absolute atomic E-state index is 8.30. The average Bonchev–Trinajstić information content (AvgIpc) is 2.14. The molecule has 0 bridgehead atoms. The van der Waals surface area contributed by atoms with Crippen LogP contribution in [0.3, 0.4) is 0 Å². The minimum absolute atomic E-state index is 0.616. The first-order valence-corrected chi connectivity index (χ1v) is 2.27. The number of nitriles is 1. The van der Waals surface area contributed by atoms with Gasteiger partial charge in [0.1, 0.15) is 12.3 Å². The molecule has 0 amide bonds. The highest BCUT2D eigenvalue weighted by atomic mass is 16.3. The van der Waals surface area contributed by atoms with Crippen molar-refractivity contribution in [2.24, 2.45) is 0 Å². The minimum Gasteiger partial charge on any atom is -0.471 e. The third-order valence-electron chi connectivity index (χ3n) is 0.976. The van der Waals surface area contributed by atoms with E-state index in [1.165, 1.54) is 6.26 Å². The predicted molar refractivity (Wildman–Crippen MR) is 28.2 cm³/mol. The molecule has 0 spiro atoms. The van der Waals surface area contributed by atoms with Gasteiger partial charge in [0, 0.05) is 5.56 Å². The van der Waals surface area contributed by atoms with Crippen LogP contribution in [0.15, 0.2) is 16.9 Å². The number of hydrogen-bond acceptors (Lipinski definition) is 2. The first-order valence-electron chi connectivity index (χ1n) is 2.27. The molecular weight excluding hydrogens is 102 g/mol. The van der Waals surface area contributed by atoms with Crippen LogP contribution < -0.4 is 0 Å². The summed E-state index contributed by atoms with van der Waals surface area (Å²) < 4.78 is 4.71. The van der Waals surface area contributed by atoms with Crippen molar-refractivity contribution < 1.29 is 4.42 Å². The smallest absolute Gasteiger partial charge is 0.108 e. The van der Waals surface area contributed by atoms with Gasteiger partial charge in [-0.25, -0.2) is 0 Å². The zero-order valence-electron chi connectivity index (χ0n) is 4.51. The van der Waals surface area contributed by atoms with E-state index in [1.807, 2.05) is 13.0 Å². The fourth-order valence-electron chi connectivity index (χ4n) is 0.475. The summed E-state index contributed by atoms with van der Waals surface area (Å²) in [6.07, 6.45) is 2.99. The lowest BCUT2D eigenvalue weighted by Crippen LogP contribution is -1.67. The van der Waals surface area contributed by atoms with Crippen LogP contribution in [0.2, 0.25) is 0 Å². The number of aryl methyl sites for hydroxylation is 1.